The SMILES string of the molecule is CC(C)(CNc1ccc(I)cc1N)c1cccs1. The molecule has 0 aliphatic carbocycles. The Balaban J connectivity index is 2.07. The lowest BCUT2D eigenvalue weighted by Crippen LogP contribution is -2.26. The van der Waals surface area contributed by atoms with Crippen molar-refractivity contribution in [2.75, 3.05) is 17.6 Å². The van der Waals surface area contributed by atoms with Gasteiger partial charge >= 0.3 is 0 Å². The summed E-state index contributed by atoms with van der Waals surface area (Å²) in [6, 6.07) is 10.4. The third-order valence-corrected chi connectivity index (χ3v) is 4.83. The fourth-order valence-corrected chi connectivity index (χ4v) is 3.13. The van der Waals surface area contributed by atoms with Crippen LogP contribution in [0.2, 0.25) is 0 Å². The highest BCUT2D eigenvalue weighted by atomic mass is 127. The lowest BCUT2D eigenvalue weighted by atomic mass is 9.91. The van der Waals surface area contributed by atoms with Crippen LogP contribution in [-0.2, 0) is 5.41 Å². The molecule has 2 rings (SSSR count). The fourth-order valence-electron chi connectivity index (χ4n) is 1.76. The molecule has 0 atom stereocenters. The van der Waals surface area contributed by atoms with Crippen LogP contribution in [-0.4, -0.2) is 6.54 Å². The van der Waals surface area contributed by atoms with Crippen molar-refractivity contribution in [3.05, 3.63) is 44.2 Å². The van der Waals surface area contributed by atoms with E-state index in [1.54, 1.807) is 11.3 Å². The van der Waals surface area contributed by atoms with Crippen molar-refractivity contribution in [2.45, 2.75) is 19.3 Å². The largest absolute Gasteiger partial charge is 0.397 e. The Morgan fingerprint density at radius 1 is 1.33 bits per heavy atom. The van der Waals surface area contributed by atoms with Crippen LogP contribution in [0.15, 0.2) is 35.7 Å². The molecule has 2 aromatic rings. The predicted molar refractivity (Wildman–Crippen MR) is 89.4 cm³/mol. The molecule has 1 aromatic carbocycles. The van der Waals surface area contributed by atoms with Gasteiger partial charge in [0.25, 0.3) is 0 Å². The predicted octanol–water partition coefficient (Wildman–Crippen LogP) is 4.32. The van der Waals surface area contributed by atoms with Gasteiger partial charge < -0.3 is 11.1 Å². The molecule has 1 heterocycles. The quantitative estimate of drug-likeness (QED) is 0.620. The first-order valence-electron chi connectivity index (χ1n) is 5.82. The average molecular weight is 372 g/mol. The second-order valence-electron chi connectivity index (χ2n) is 4.95. The van der Waals surface area contributed by atoms with Gasteiger partial charge in [0.05, 0.1) is 11.4 Å². The van der Waals surface area contributed by atoms with Gasteiger partial charge in [-0.1, -0.05) is 19.9 Å². The van der Waals surface area contributed by atoms with Gasteiger partial charge in [0.15, 0.2) is 0 Å². The smallest absolute Gasteiger partial charge is 0.0574 e. The minimum Gasteiger partial charge on any atom is -0.397 e. The zero-order chi connectivity index (χ0) is 13.2. The molecule has 0 unspecified atom stereocenters. The van der Waals surface area contributed by atoms with Crippen LogP contribution in [0, 0.1) is 3.57 Å². The van der Waals surface area contributed by atoms with E-state index in [0.29, 0.717) is 0 Å². The van der Waals surface area contributed by atoms with Crippen LogP contribution in [0.4, 0.5) is 11.4 Å². The summed E-state index contributed by atoms with van der Waals surface area (Å²) in [5, 5.41) is 5.57. The van der Waals surface area contributed by atoms with Gasteiger partial charge in [0, 0.05) is 20.4 Å². The molecule has 3 N–H and O–H groups in total. The van der Waals surface area contributed by atoms with Gasteiger partial charge in [-0.05, 0) is 52.2 Å². The van der Waals surface area contributed by atoms with Crippen molar-refractivity contribution in [2.24, 2.45) is 0 Å². The molecule has 0 saturated carbocycles. The van der Waals surface area contributed by atoms with Crippen molar-refractivity contribution in [1.82, 2.24) is 0 Å². The van der Waals surface area contributed by atoms with E-state index in [2.05, 4.69) is 65.3 Å². The van der Waals surface area contributed by atoms with Gasteiger partial charge in [0.2, 0.25) is 0 Å². The highest BCUT2D eigenvalue weighted by molar-refractivity contribution is 14.1. The van der Waals surface area contributed by atoms with E-state index in [9.17, 15) is 0 Å². The standard InChI is InChI=1S/C14H17IN2S/c1-14(2,13-4-3-7-18-13)9-17-12-6-5-10(15)8-11(12)16/h3-8,17H,9,16H2,1-2H3. The van der Waals surface area contributed by atoms with Crippen LogP contribution in [0.25, 0.3) is 0 Å². The Hall–Kier alpha value is -0.750. The molecule has 4 heteroatoms. The Kier molecular flexibility index (Phi) is 4.17. The molecule has 18 heavy (non-hydrogen) atoms. The topological polar surface area (TPSA) is 38.0 Å². The minimum absolute atomic E-state index is 0.115. The highest BCUT2D eigenvalue weighted by Gasteiger charge is 2.21. The van der Waals surface area contributed by atoms with Crippen molar-refractivity contribution in [1.29, 1.82) is 0 Å². The summed E-state index contributed by atoms with van der Waals surface area (Å²) in [5.41, 5.74) is 7.94. The number of hydrogen-bond donors (Lipinski definition) is 2. The van der Waals surface area contributed by atoms with Crippen LogP contribution < -0.4 is 11.1 Å². The molecule has 2 nitrogen and oxygen atoms in total. The molecule has 0 bridgehead atoms. The molecule has 0 aliphatic heterocycles. The number of halogens is 1. The number of nitrogen functional groups attached to an aromatic ring is 1. The van der Waals surface area contributed by atoms with E-state index in [0.717, 1.165) is 21.5 Å². The van der Waals surface area contributed by atoms with Gasteiger partial charge in [0.1, 0.15) is 0 Å². The van der Waals surface area contributed by atoms with Crippen LogP contribution in [0.1, 0.15) is 18.7 Å². The molecule has 1 aromatic heterocycles. The summed E-state index contributed by atoms with van der Waals surface area (Å²) in [6.45, 7) is 5.36. The summed E-state index contributed by atoms with van der Waals surface area (Å²) in [5.74, 6) is 0. The minimum atomic E-state index is 0.115. The number of anilines is 2. The summed E-state index contributed by atoms with van der Waals surface area (Å²) >= 11 is 4.07. The lowest BCUT2D eigenvalue weighted by molar-refractivity contribution is 0.569. The maximum absolute atomic E-state index is 6.00. The number of rotatable bonds is 4. The van der Waals surface area contributed by atoms with Crippen LogP contribution >= 0.6 is 33.9 Å². The molecule has 0 aliphatic rings. The Bertz CT molecular complexity index is 521. The summed E-state index contributed by atoms with van der Waals surface area (Å²) in [7, 11) is 0. The van der Waals surface area contributed by atoms with E-state index < -0.39 is 0 Å². The lowest BCUT2D eigenvalue weighted by Gasteiger charge is -2.24. The molecular formula is C14H17IN2S. The van der Waals surface area contributed by atoms with Crippen LogP contribution in [0.3, 0.4) is 0 Å². The summed E-state index contributed by atoms with van der Waals surface area (Å²) in [4.78, 5) is 1.39. The van der Waals surface area contributed by atoms with Gasteiger partial charge in [-0.15, -0.1) is 11.3 Å². The zero-order valence-electron chi connectivity index (χ0n) is 10.5. The number of nitrogens with two attached hydrogens (primary N) is 1. The number of benzene rings is 1. The molecular weight excluding hydrogens is 355 g/mol. The number of thiophene rings is 1. The van der Waals surface area contributed by atoms with Crippen molar-refractivity contribution >= 4 is 45.3 Å². The molecule has 0 fully saturated rings. The van der Waals surface area contributed by atoms with Gasteiger partial charge in [-0.2, -0.15) is 0 Å². The summed E-state index contributed by atoms with van der Waals surface area (Å²) in [6.07, 6.45) is 0. The van der Waals surface area contributed by atoms with E-state index in [-0.39, 0.29) is 5.41 Å². The second-order valence-corrected chi connectivity index (χ2v) is 7.14. The average Bonchev–Trinajstić information content (AvgIpc) is 2.82. The maximum Gasteiger partial charge on any atom is 0.0574 e. The van der Waals surface area contributed by atoms with Gasteiger partial charge in [-0.3, -0.25) is 0 Å². The fraction of sp³-hybridized carbons (Fsp3) is 0.286. The van der Waals surface area contributed by atoms with Gasteiger partial charge in [-0.25, -0.2) is 0 Å². The monoisotopic (exact) mass is 372 g/mol. The third kappa shape index (κ3) is 3.17. The normalized spacial score (nSPS) is 11.5. The highest BCUT2D eigenvalue weighted by Crippen LogP contribution is 2.29. The molecule has 0 radical (unpaired) electrons. The van der Waals surface area contributed by atoms with E-state index in [1.807, 2.05) is 12.1 Å². The first-order chi connectivity index (χ1) is 8.49. The van der Waals surface area contributed by atoms with Crippen LogP contribution in [0.5, 0.6) is 0 Å². The van der Waals surface area contributed by atoms with E-state index in [1.165, 1.54) is 4.88 Å². The third-order valence-electron chi connectivity index (χ3n) is 2.92. The molecule has 0 saturated heterocycles. The maximum atomic E-state index is 6.00. The van der Waals surface area contributed by atoms with Crippen molar-refractivity contribution < 1.29 is 0 Å². The first kappa shape index (κ1) is 13.7. The van der Waals surface area contributed by atoms with Crippen molar-refractivity contribution in [3.8, 4) is 0 Å². The Morgan fingerprint density at radius 3 is 2.72 bits per heavy atom. The van der Waals surface area contributed by atoms with E-state index >= 15 is 0 Å². The van der Waals surface area contributed by atoms with E-state index in [4.69, 9.17) is 5.73 Å². The Morgan fingerprint density at radius 2 is 2.11 bits per heavy atom. The molecule has 96 valence electrons. The Labute approximate surface area is 126 Å². The number of hydrogen-bond acceptors (Lipinski definition) is 3. The summed E-state index contributed by atoms with van der Waals surface area (Å²) < 4.78 is 1.16. The molecule has 0 amide bonds. The number of nitrogens with one attached hydrogen (secondary N) is 1. The first-order valence-corrected chi connectivity index (χ1v) is 7.78. The molecule has 0 spiro atoms. The van der Waals surface area contributed by atoms with Crippen molar-refractivity contribution in [3.63, 3.8) is 0 Å². The second kappa shape index (κ2) is 5.48. The zero-order valence-corrected chi connectivity index (χ0v) is 13.5.